The molecule has 1 aromatic heterocycles. The fraction of sp³-hybridized carbons (Fsp3) is 0.333. The summed E-state index contributed by atoms with van der Waals surface area (Å²) in [5.74, 6) is -0.341. The van der Waals surface area contributed by atoms with Gasteiger partial charge in [0.1, 0.15) is 0 Å². The molecule has 76 valence electrons. The van der Waals surface area contributed by atoms with E-state index in [1.807, 2.05) is 0 Å². The molecule has 0 spiro atoms. The van der Waals surface area contributed by atoms with Crippen LogP contribution in [0, 0.1) is 0 Å². The van der Waals surface area contributed by atoms with Gasteiger partial charge in [0.15, 0.2) is 0 Å². The smallest absolute Gasteiger partial charge is 0.374 e. The first-order chi connectivity index (χ1) is 6.63. The zero-order valence-corrected chi connectivity index (χ0v) is 8.02. The van der Waals surface area contributed by atoms with Crippen molar-refractivity contribution < 1.29 is 18.8 Å². The zero-order chi connectivity index (χ0) is 10.6. The van der Waals surface area contributed by atoms with Crippen LogP contribution in [0.5, 0.6) is 5.95 Å². The summed E-state index contributed by atoms with van der Waals surface area (Å²) in [6.45, 7) is 6.62. The van der Waals surface area contributed by atoms with Crippen LogP contribution >= 0.6 is 0 Å². The lowest BCUT2D eigenvalue weighted by atomic mass is 10.4. The topological polar surface area (TPSA) is 61.0 Å². The summed E-state index contributed by atoms with van der Waals surface area (Å²) >= 11 is 0. The molecule has 0 amide bonds. The molecule has 0 aliphatic rings. The molecule has 0 saturated carbocycles. The molecule has 0 atom stereocenters. The van der Waals surface area contributed by atoms with Gasteiger partial charge >= 0.3 is 11.9 Å². The SMILES string of the molecule is C=NOc1ccc(C(=O)OC(C)C)o1. The Labute approximate surface area is 81.3 Å². The molecule has 14 heavy (non-hydrogen) atoms. The number of hydrogen-bond donors (Lipinski definition) is 0. The van der Waals surface area contributed by atoms with Gasteiger partial charge in [-0.15, -0.1) is 0 Å². The maximum atomic E-state index is 11.3. The number of oxime groups is 1. The number of hydrogen-bond acceptors (Lipinski definition) is 5. The highest BCUT2D eigenvalue weighted by atomic mass is 16.7. The number of carbonyl (C=O) groups excluding carboxylic acids is 1. The normalized spacial score (nSPS) is 9.93. The zero-order valence-electron chi connectivity index (χ0n) is 8.02. The van der Waals surface area contributed by atoms with Crippen molar-refractivity contribution in [2.24, 2.45) is 5.16 Å². The third-order valence-electron chi connectivity index (χ3n) is 1.28. The number of nitrogens with zero attached hydrogens (tertiary/aromatic N) is 1. The van der Waals surface area contributed by atoms with E-state index in [9.17, 15) is 4.79 Å². The van der Waals surface area contributed by atoms with Crippen LogP contribution in [0.15, 0.2) is 21.7 Å². The van der Waals surface area contributed by atoms with Gasteiger partial charge in [-0.2, -0.15) is 0 Å². The van der Waals surface area contributed by atoms with Crippen LogP contribution in [0.2, 0.25) is 0 Å². The molecule has 0 radical (unpaired) electrons. The monoisotopic (exact) mass is 197 g/mol. The van der Waals surface area contributed by atoms with Crippen LogP contribution in [0.1, 0.15) is 24.4 Å². The van der Waals surface area contributed by atoms with Crippen LogP contribution in [0.3, 0.4) is 0 Å². The minimum Gasteiger partial charge on any atom is -0.457 e. The summed E-state index contributed by atoms with van der Waals surface area (Å²) in [5, 5.41) is 3.14. The number of esters is 1. The first kappa shape index (κ1) is 10.3. The molecule has 0 aliphatic heterocycles. The fourth-order valence-electron chi connectivity index (χ4n) is 0.815. The molecule has 1 heterocycles. The second-order valence-corrected chi connectivity index (χ2v) is 2.79. The summed E-state index contributed by atoms with van der Waals surface area (Å²) in [4.78, 5) is 15.8. The number of carbonyl (C=O) groups is 1. The second kappa shape index (κ2) is 4.45. The third kappa shape index (κ3) is 2.62. The predicted molar refractivity (Wildman–Crippen MR) is 49.4 cm³/mol. The number of furan rings is 1. The largest absolute Gasteiger partial charge is 0.457 e. The van der Waals surface area contributed by atoms with Crippen LogP contribution < -0.4 is 4.84 Å². The van der Waals surface area contributed by atoms with Gasteiger partial charge in [-0.1, -0.05) is 5.16 Å². The van der Waals surface area contributed by atoms with Crippen molar-refractivity contribution in [3.8, 4) is 5.95 Å². The van der Waals surface area contributed by atoms with Gasteiger partial charge in [0.05, 0.1) is 6.10 Å². The Morgan fingerprint density at radius 3 is 2.86 bits per heavy atom. The van der Waals surface area contributed by atoms with E-state index in [0.29, 0.717) is 0 Å². The quantitative estimate of drug-likeness (QED) is 0.419. The Bertz CT molecular complexity index is 329. The Balaban J connectivity index is 2.66. The molecule has 0 aliphatic carbocycles. The van der Waals surface area contributed by atoms with Gasteiger partial charge in [-0.25, -0.2) is 4.79 Å². The van der Waals surface area contributed by atoms with Crippen LogP contribution in [0.4, 0.5) is 0 Å². The van der Waals surface area contributed by atoms with E-state index in [-0.39, 0.29) is 17.8 Å². The van der Waals surface area contributed by atoms with Gasteiger partial charge < -0.3 is 14.0 Å². The average molecular weight is 197 g/mol. The molecule has 0 saturated heterocycles. The number of ether oxygens (including phenoxy) is 1. The Kier molecular flexibility index (Phi) is 3.28. The van der Waals surface area contributed by atoms with Crippen LogP contribution in [-0.2, 0) is 4.74 Å². The van der Waals surface area contributed by atoms with E-state index < -0.39 is 5.97 Å². The molecule has 0 bridgehead atoms. The van der Waals surface area contributed by atoms with E-state index >= 15 is 0 Å². The van der Waals surface area contributed by atoms with Crippen molar-refractivity contribution in [2.75, 3.05) is 0 Å². The highest BCUT2D eigenvalue weighted by Crippen LogP contribution is 2.17. The maximum absolute atomic E-state index is 11.3. The maximum Gasteiger partial charge on any atom is 0.374 e. The van der Waals surface area contributed by atoms with Gasteiger partial charge in [0.25, 0.3) is 0 Å². The summed E-state index contributed by atoms with van der Waals surface area (Å²) < 4.78 is 9.85. The lowest BCUT2D eigenvalue weighted by Crippen LogP contribution is -2.10. The van der Waals surface area contributed by atoms with E-state index in [2.05, 4.69) is 16.7 Å². The predicted octanol–water partition coefficient (Wildman–Crippen LogP) is 1.84. The lowest BCUT2D eigenvalue weighted by Gasteiger charge is -2.04. The minimum atomic E-state index is -0.529. The van der Waals surface area contributed by atoms with Crippen molar-refractivity contribution in [2.45, 2.75) is 20.0 Å². The van der Waals surface area contributed by atoms with Gasteiger partial charge in [0, 0.05) is 12.8 Å². The third-order valence-corrected chi connectivity index (χ3v) is 1.28. The molecular formula is C9H11NO4. The molecule has 0 aromatic carbocycles. The molecule has 5 heteroatoms. The van der Waals surface area contributed by atoms with Crippen molar-refractivity contribution in [3.05, 3.63) is 17.9 Å². The Morgan fingerprint density at radius 2 is 2.29 bits per heavy atom. The standard InChI is InChI=1S/C9H11NO4/c1-6(2)12-9(11)7-4-5-8(13-7)14-10-3/h4-6H,3H2,1-2H3. The second-order valence-electron chi connectivity index (χ2n) is 2.79. The summed E-state index contributed by atoms with van der Waals surface area (Å²) in [6.07, 6.45) is -0.186. The minimum absolute atomic E-state index is 0.0809. The van der Waals surface area contributed by atoms with Crippen molar-refractivity contribution in [1.82, 2.24) is 0 Å². The Hall–Kier alpha value is -1.78. The summed E-state index contributed by atoms with van der Waals surface area (Å²) in [6, 6.07) is 2.91. The average Bonchev–Trinajstić information content (AvgIpc) is 2.52. The van der Waals surface area contributed by atoms with E-state index in [4.69, 9.17) is 9.15 Å². The van der Waals surface area contributed by atoms with Crippen LogP contribution in [0.25, 0.3) is 0 Å². The molecule has 1 rings (SSSR count). The van der Waals surface area contributed by atoms with E-state index in [1.165, 1.54) is 12.1 Å². The summed E-state index contributed by atoms with van der Waals surface area (Å²) in [7, 11) is 0. The Morgan fingerprint density at radius 1 is 1.57 bits per heavy atom. The molecule has 5 nitrogen and oxygen atoms in total. The van der Waals surface area contributed by atoms with Gasteiger partial charge in [-0.3, -0.25) is 0 Å². The lowest BCUT2D eigenvalue weighted by molar-refractivity contribution is 0.0334. The highest BCUT2D eigenvalue weighted by Gasteiger charge is 2.14. The van der Waals surface area contributed by atoms with Crippen molar-refractivity contribution in [3.63, 3.8) is 0 Å². The van der Waals surface area contributed by atoms with E-state index in [0.717, 1.165) is 0 Å². The first-order valence-electron chi connectivity index (χ1n) is 4.07. The molecular weight excluding hydrogens is 186 g/mol. The van der Waals surface area contributed by atoms with Crippen LogP contribution in [-0.4, -0.2) is 18.8 Å². The molecule has 1 aromatic rings. The fourth-order valence-corrected chi connectivity index (χ4v) is 0.815. The van der Waals surface area contributed by atoms with E-state index in [1.54, 1.807) is 13.8 Å². The van der Waals surface area contributed by atoms with Crippen molar-refractivity contribution >= 4 is 12.7 Å². The molecule has 0 N–H and O–H groups in total. The summed E-state index contributed by atoms with van der Waals surface area (Å²) in [5.41, 5.74) is 0. The van der Waals surface area contributed by atoms with Gasteiger partial charge in [0.2, 0.25) is 5.76 Å². The van der Waals surface area contributed by atoms with Crippen molar-refractivity contribution in [1.29, 1.82) is 0 Å². The molecule has 0 unspecified atom stereocenters. The highest BCUT2D eigenvalue weighted by molar-refractivity contribution is 5.86. The molecule has 0 fully saturated rings. The van der Waals surface area contributed by atoms with Gasteiger partial charge in [-0.05, 0) is 19.9 Å². The number of rotatable bonds is 4. The first-order valence-corrected chi connectivity index (χ1v) is 4.07.